The number of carbonyl (C=O) groups is 1. The van der Waals surface area contributed by atoms with Crippen LogP contribution >= 0.6 is 22.7 Å². The van der Waals surface area contributed by atoms with E-state index in [1.807, 2.05) is 6.92 Å². The van der Waals surface area contributed by atoms with Gasteiger partial charge in [0.15, 0.2) is 5.13 Å². The number of anilines is 2. The van der Waals surface area contributed by atoms with Gasteiger partial charge in [0.1, 0.15) is 10.7 Å². The van der Waals surface area contributed by atoms with E-state index in [2.05, 4.69) is 25.8 Å². The van der Waals surface area contributed by atoms with Gasteiger partial charge in [-0.25, -0.2) is 4.98 Å². The summed E-state index contributed by atoms with van der Waals surface area (Å²) in [6.45, 7) is 1.84. The quantitative estimate of drug-likeness (QED) is 0.897. The highest BCUT2D eigenvalue weighted by Gasteiger charge is 2.22. The number of hydrogen-bond donors (Lipinski definition) is 2. The van der Waals surface area contributed by atoms with Crippen molar-refractivity contribution >= 4 is 38.8 Å². The molecule has 3 rings (SSSR count). The number of amides is 1. The Bertz CT molecular complexity index is 574. The van der Waals surface area contributed by atoms with Crippen LogP contribution in [0.25, 0.3) is 0 Å². The maximum absolute atomic E-state index is 11.9. The van der Waals surface area contributed by atoms with Crippen LogP contribution in [0.4, 0.5) is 10.3 Å². The summed E-state index contributed by atoms with van der Waals surface area (Å²) in [6, 6.07) is 0.540. The fraction of sp³-hybridized carbons (Fsp3) is 0.400. The summed E-state index contributed by atoms with van der Waals surface area (Å²) in [4.78, 5) is 16.1. The highest BCUT2D eigenvalue weighted by Crippen LogP contribution is 2.26. The lowest BCUT2D eigenvalue weighted by Crippen LogP contribution is -2.12. The van der Waals surface area contributed by atoms with Crippen molar-refractivity contribution in [2.75, 3.05) is 10.6 Å². The molecule has 0 saturated heterocycles. The number of thiazole rings is 1. The van der Waals surface area contributed by atoms with E-state index in [0.29, 0.717) is 16.9 Å². The number of carbonyl (C=O) groups excluding carboxylic acids is 1. The molecule has 1 saturated carbocycles. The van der Waals surface area contributed by atoms with Gasteiger partial charge in [-0.2, -0.15) is 0 Å². The van der Waals surface area contributed by atoms with E-state index in [1.165, 1.54) is 35.5 Å². The van der Waals surface area contributed by atoms with Gasteiger partial charge in [0.05, 0.1) is 0 Å². The zero-order chi connectivity index (χ0) is 12.5. The Kier molecular flexibility index (Phi) is 2.96. The van der Waals surface area contributed by atoms with Gasteiger partial charge in [0, 0.05) is 11.4 Å². The molecule has 2 N–H and O–H groups in total. The van der Waals surface area contributed by atoms with Gasteiger partial charge in [-0.3, -0.25) is 10.1 Å². The monoisotopic (exact) mass is 281 g/mol. The molecule has 1 aliphatic carbocycles. The number of nitrogens with zero attached hydrogens (tertiary/aromatic N) is 3. The van der Waals surface area contributed by atoms with Gasteiger partial charge >= 0.3 is 0 Å². The Morgan fingerprint density at radius 3 is 2.89 bits per heavy atom. The Morgan fingerprint density at radius 1 is 1.39 bits per heavy atom. The molecule has 2 heterocycles. The van der Waals surface area contributed by atoms with Crippen LogP contribution in [-0.4, -0.2) is 27.1 Å². The van der Waals surface area contributed by atoms with Gasteiger partial charge in [0.2, 0.25) is 5.13 Å². The second-order valence-corrected chi connectivity index (χ2v) is 6.08. The Hall–Kier alpha value is -1.54. The van der Waals surface area contributed by atoms with E-state index in [4.69, 9.17) is 0 Å². The molecular formula is C10H11N5OS2. The molecule has 94 valence electrons. The van der Waals surface area contributed by atoms with Crippen LogP contribution in [-0.2, 0) is 0 Å². The molecule has 0 atom stereocenters. The molecule has 0 unspecified atom stereocenters. The Labute approximate surface area is 111 Å². The molecule has 2 aromatic heterocycles. The van der Waals surface area contributed by atoms with Crippen molar-refractivity contribution < 1.29 is 4.79 Å². The first kappa shape index (κ1) is 11.5. The number of aryl methyl sites for hydroxylation is 1. The second kappa shape index (κ2) is 4.62. The van der Waals surface area contributed by atoms with Crippen molar-refractivity contribution in [3.8, 4) is 0 Å². The van der Waals surface area contributed by atoms with E-state index in [0.717, 1.165) is 10.1 Å². The average Bonchev–Trinajstić information content (AvgIpc) is 2.85. The molecule has 0 aromatic carbocycles. The molecule has 18 heavy (non-hydrogen) atoms. The third kappa shape index (κ3) is 2.65. The Morgan fingerprint density at radius 2 is 2.22 bits per heavy atom. The summed E-state index contributed by atoms with van der Waals surface area (Å²) in [6.07, 6.45) is 2.37. The Balaban J connectivity index is 1.65. The van der Waals surface area contributed by atoms with Gasteiger partial charge in [-0.15, -0.1) is 21.5 Å². The molecular weight excluding hydrogens is 270 g/mol. The lowest BCUT2D eigenvalue weighted by molar-refractivity contribution is 0.102. The summed E-state index contributed by atoms with van der Waals surface area (Å²) in [5, 5.41) is 17.5. The van der Waals surface area contributed by atoms with E-state index < -0.39 is 0 Å². The first-order chi connectivity index (χ1) is 8.70. The highest BCUT2D eigenvalue weighted by molar-refractivity contribution is 7.15. The molecule has 1 fully saturated rings. The van der Waals surface area contributed by atoms with E-state index >= 15 is 0 Å². The standard InChI is InChI=1S/C10H11N5OS2/c1-5-14-15-10(18-5)13-8(16)7-4-17-9(12-7)11-6-2-3-6/h4,6H,2-3H2,1H3,(H,11,12)(H,13,15,16). The van der Waals surface area contributed by atoms with Gasteiger partial charge in [-0.05, 0) is 19.8 Å². The molecule has 0 aliphatic heterocycles. The summed E-state index contributed by atoms with van der Waals surface area (Å²) in [5.41, 5.74) is 0.413. The van der Waals surface area contributed by atoms with Gasteiger partial charge < -0.3 is 5.32 Å². The van der Waals surface area contributed by atoms with Crippen molar-refractivity contribution in [1.29, 1.82) is 0 Å². The van der Waals surface area contributed by atoms with Gasteiger partial charge in [0.25, 0.3) is 5.91 Å². The topological polar surface area (TPSA) is 79.8 Å². The van der Waals surface area contributed by atoms with Crippen molar-refractivity contribution in [2.24, 2.45) is 0 Å². The molecule has 1 aliphatic rings. The predicted octanol–water partition coefficient (Wildman–Crippen LogP) is 2.13. The summed E-state index contributed by atoms with van der Waals surface area (Å²) >= 11 is 2.79. The zero-order valence-corrected chi connectivity index (χ0v) is 11.3. The van der Waals surface area contributed by atoms with Crippen LogP contribution in [0.1, 0.15) is 28.3 Å². The van der Waals surface area contributed by atoms with E-state index in [9.17, 15) is 4.79 Å². The second-order valence-electron chi connectivity index (χ2n) is 4.04. The minimum Gasteiger partial charge on any atom is -0.359 e. The third-order valence-corrected chi connectivity index (χ3v) is 3.92. The average molecular weight is 281 g/mol. The number of hydrogen-bond acceptors (Lipinski definition) is 7. The minimum atomic E-state index is -0.244. The fourth-order valence-corrected chi connectivity index (χ4v) is 2.71. The van der Waals surface area contributed by atoms with Crippen LogP contribution < -0.4 is 10.6 Å². The van der Waals surface area contributed by atoms with E-state index in [-0.39, 0.29) is 5.91 Å². The maximum atomic E-state index is 11.9. The molecule has 2 aromatic rings. The lowest BCUT2D eigenvalue weighted by atomic mass is 10.5. The van der Waals surface area contributed by atoms with Crippen LogP contribution in [0.3, 0.4) is 0 Å². The van der Waals surface area contributed by atoms with Crippen LogP contribution in [0.2, 0.25) is 0 Å². The lowest BCUT2D eigenvalue weighted by Gasteiger charge is -1.97. The maximum Gasteiger partial charge on any atom is 0.277 e. The SMILES string of the molecule is Cc1nnc(NC(=O)c2csc(NC3CC3)n2)s1. The molecule has 6 nitrogen and oxygen atoms in total. The third-order valence-electron chi connectivity index (χ3n) is 2.39. The van der Waals surface area contributed by atoms with Crippen molar-refractivity contribution in [3.63, 3.8) is 0 Å². The smallest absolute Gasteiger partial charge is 0.277 e. The predicted molar refractivity (Wildman–Crippen MR) is 71.4 cm³/mol. The van der Waals surface area contributed by atoms with Crippen molar-refractivity contribution in [2.45, 2.75) is 25.8 Å². The van der Waals surface area contributed by atoms with Crippen LogP contribution in [0.5, 0.6) is 0 Å². The number of rotatable bonds is 4. The van der Waals surface area contributed by atoms with Crippen LogP contribution in [0.15, 0.2) is 5.38 Å². The summed E-state index contributed by atoms with van der Waals surface area (Å²) < 4.78 is 0. The number of nitrogens with one attached hydrogen (secondary N) is 2. The van der Waals surface area contributed by atoms with Gasteiger partial charge in [-0.1, -0.05) is 11.3 Å². The highest BCUT2D eigenvalue weighted by atomic mass is 32.1. The van der Waals surface area contributed by atoms with Crippen molar-refractivity contribution in [1.82, 2.24) is 15.2 Å². The van der Waals surface area contributed by atoms with Crippen LogP contribution in [0, 0.1) is 6.92 Å². The first-order valence-electron chi connectivity index (χ1n) is 5.54. The zero-order valence-electron chi connectivity index (χ0n) is 9.64. The first-order valence-corrected chi connectivity index (χ1v) is 7.24. The van der Waals surface area contributed by atoms with E-state index in [1.54, 1.807) is 5.38 Å². The molecule has 0 radical (unpaired) electrons. The largest absolute Gasteiger partial charge is 0.359 e. The summed E-state index contributed by atoms with van der Waals surface area (Å²) in [5.74, 6) is -0.244. The minimum absolute atomic E-state index is 0.244. The van der Waals surface area contributed by atoms with Crippen molar-refractivity contribution in [3.05, 3.63) is 16.1 Å². The molecule has 0 bridgehead atoms. The molecule has 0 spiro atoms. The molecule has 8 heteroatoms. The number of aromatic nitrogens is 3. The summed E-state index contributed by atoms with van der Waals surface area (Å²) in [7, 11) is 0. The normalized spacial score (nSPS) is 14.5. The molecule has 1 amide bonds. The fourth-order valence-electron chi connectivity index (χ4n) is 1.35.